The molecule has 0 bridgehead atoms. The Bertz CT molecular complexity index is 723. The predicted octanol–water partition coefficient (Wildman–Crippen LogP) is 3.30. The van der Waals surface area contributed by atoms with Crippen molar-refractivity contribution in [1.82, 2.24) is 10.3 Å². The van der Waals surface area contributed by atoms with E-state index in [0.717, 1.165) is 26.8 Å². The fourth-order valence-corrected chi connectivity index (χ4v) is 4.11. The number of hydrogen-bond donors (Lipinski definition) is 2. The van der Waals surface area contributed by atoms with E-state index in [4.69, 9.17) is 0 Å². The van der Waals surface area contributed by atoms with E-state index in [1.54, 1.807) is 6.92 Å². The Kier molecular flexibility index (Phi) is 6.39. The molecule has 0 aliphatic carbocycles. The number of carbonyl (C=O) groups excluding carboxylic acids is 2. The summed E-state index contributed by atoms with van der Waals surface area (Å²) in [5, 5.41) is 7.18. The van der Waals surface area contributed by atoms with E-state index in [1.165, 1.54) is 23.1 Å². The van der Waals surface area contributed by atoms with E-state index < -0.39 is 0 Å². The number of thioether (sulfide) groups is 1. The van der Waals surface area contributed by atoms with E-state index in [0.29, 0.717) is 0 Å². The fraction of sp³-hybridized carbons (Fsp3) is 0.353. The Labute approximate surface area is 150 Å². The first kappa shape index (κ1) is 18.5. The molecule has 2 amide bonds. The van der Waals surface area contributed by atoms with Crippen molar-refractivity contribution < 1.29 is 9.59 Å². The van der Waals surface area contributed by atoms with Crippen LogP contribution in [0.3, 0.4) is 0 Å². The lowest BCUT2D eigenvalue weighted by atomic mass is 10.1. The molecule has 0 aliphatic rings. The summed E-state index contributed by atoms with van der Waals surface area (Å²) in [6.45, 7) is 7.56. The second-order valence-corrected chi connectivity index (χ2v) is 7.99. The fourth-order valence-electron chi connectivity index (χ4n) is 2.10. The summed E-state index contributed by atoms with van der Waals surface area (Å²) in [7, 11) is 0. The number of amides is 2. The highest BCUT2D eigenvalue weighted by molar-refractivity contribution is 8.02. The Morgan fingerprint density at radius 1 is 1.25 bits per heavy atom. The Balaban J connectivity index is 1.83. The molecule has 0 fully saturated rings. The molecule has 2 aromatic rings. The molecule has 0 spiro atoms. The lowest BCUT2D eigenvalue weighted by molar-refractivity contribution is -0.123. The molecular formula is C17H21N3O2S2. The molecule has 128 valence electrons. The normalized spacial score (nSPS) is 11.8. The molecule has 0 aliphatic heterocycles. The minimum Gasteiger partial charge on any atom is -0.346 e. The van der Waals surface area contributed by atoms with Crippen LogP contribution in [-0.4, -0.2) is 28.6 Å². The van der Waals surface area contributed by atoms with E-state index in [-0.39, 0.29) is 23.6 Å². The number of aryl methyl sites for hydroxylation is 3. The van der Waals surface area contributed by atoms with Crippen LogP contribution in [0.5, 0.6) is 0 Å². The number of para-hydroxylation sites is 1. The van der Waals surface area contributed by atoms with Gasteiger partial charge < -0.3 is 10.6 Å². The lowest BCUT2D eigenvalue weighted by Crippen LogP contribution is -2.37. The van der Waals surface area contributed by atoms with Crippen molar-refractivity contribution in [3.8, 4) is 0 Å². The van der Waals surface area contributed by atoms with Crippen LogP contribution in [-0.2, 0) is 9.59 Å². The molecule has 2 rings (SSSR count). The number of anilines is 1. The SMILES string of the molecule is Cc1csc(SC(C)C(=O)NCC(=O)Nc2c(C)cccc2C)n1. The third-order valence-corrected chi connectivity index (χ3v) is 5.60. The lowest BCUT2D eigenvalue weighted by Gasteiger charge is -2.13. The van der Waals surface area contributed by atoms with Gasteiger partial charge in [0.2, 0.25) is 11.8 Å². The number of hydrogen-bond acceptors (Lipinski definition) is 5. The molecule has 0 radical (unpaired) electrons. The van der Waals surface area contributed by atoms with Gasteiger partial charge in [-0.1, -0.05) is 30.0 Å². The first-order valence-corrected chi connectivity index (χ1v) is 9.35. The minimum atomic E-state index is -0.302. The standard InChI is InChI=1S/C17H21N3O2S2/c1-10-6-5-7-11(2)15(10)20-14(21)8-18-16(22)13(4)24-17-19-12(3)9-23-17/h5-7,9,13H,8H2,1-4H3,(H,18,22)(H,20,21). The van der Waals surface area contributed by atoms with Crippen molar-refractivity contribution in [1.29, 1.82) is 0 Å². The van der Waals surface area contributed by atoms with Gasteiger partial charge in [0.25, 0.3) is 0 Å². The van der Waals surface area contributed by atoms with Crippen LogP contribution < -0.4 is 10.6 Å². The molecule has 1 aromatic carbocycles. The number of nitrogens with one attached hydrogen (secondary N) is 2. The first-order chi connectivity index (χ1) is 11.4. The number of nitrogens with zero attached hydrogens (tertiary/aromatic N) is 1. The zero-order valence-corrected chi connectivity index (χ0v) is 15.8. The van der Waals surface area contributed by atoms with Gasteiger partial charge in [-0.2, -0.15) is 0 Å². The number of benzene rings is 1. The smallest absolute Gasteiger partial charge is 0.243 e. The van der Waals surface area contributed by atoms with Crippen molar-refractivity contribution >= 4 is 40.6 Å². The maximum absolute atomic E-state index is 12.1. The monoisotopic (exact) mass is 363 g/mol. The molecule has 1 heterocycles. The second-order valence-electron chi connectivity index (χ2n) is 5.55. The van der Waals surface area contributed by atoms with Gasteiger partial charge >= 0.3 is 0 Å². The predicted molar refractivity (Wildman–Crippen MR) is 99.7 cm³/mol. The molecule has 1 atom stereocenters. The van der Waals surface area contributed by atoms with Crippen LogP contribution in [0.15, 0.2) is 27.9 Å². The third-order valence-electron chi connectivity index (χ3n) is 3.41. The van der Waals surface area contributed by atoms with Gasteiger partial charge in [-0.3, -0.25) is 9.59 Å². The molecule has 0 saturated carbocycles. The van der Waals surface area contributed by atoms with E-state index >= 15 is 0 Å². The van der Waals surface area contributed by atoms with Gasteiger partial charge in [0.05, 0.1) is 11.8 Å². The zero-order valence-electron chi connectivity index (χ0n) is 14.2. The maximum Gasteiger partial charge on any atom is 0.243 e. The summed E-state index contributed by atoms with van der Waals surface area (Å²) in [4.78, 5) is 28.5. The van der Waals surface area contributed by atoms with Crippen molar-refractivity contribution in [2.45, 2.75) is 37.3 Å². The summed E-state index contributed by atoms with van der Waals surface area (Å²) < 4.78 is 0.857. The van der Waals surface area contributed by atoms with Gasteiger partial charge in [0, 0.05) is 16.8 Å². The summed E-state index contributed by atoms with van der Waals surface area (Å²) in [6.07, 6.45) is 0. The summed E-state index contributed by atoms with van der Waals surface area (Å²) in [5.74, 6) is -0.410. The van der Waals surface area contributed by atoms with E-state index in [2.05, 4.69) is 15.6 Å². The van der Waals surface area contributed by atoms with Crippen LogP contribution in [0.1, 0.15) is 23.7 Å². The van der Waals surface area contributed by atoms with Crippen molar-refractivity contribution in [3.05, 3.63) is 40.4 Å². The maximum atomic E-state index is 12.1. The van der Waals surface area contributed by atoms with Crippen molar-refractivity contribution in [2.24, 2.45) is 0 Å². The van der Waals surface area contributed by atoms with Gasteiger partial charge in [-0.05, 0) is 38.8 Å². The van der Waals surface area contributed by atoms with Crippen LogP contribution in [0.2, 0.25) is 0 Å². The summed E-state index contributed by atoms with van der Waals surface area (Å²) >= 11 is 2.91. The molecule has 0 saturated heterocycles. The first-order valence-electron chi connectivity index (χ1n) is 7.59. The Hall–Kier alpha value is -1.86. The molecule has 7 heteroatoms. The van der Waals surface area contributed by atoms with Crippen LogP contribution in [0, 0.1) is 20.8 Å². The highest BCUT2D eigenvalue weighted by atomic mass is 32.2. The van der Waals surface area contributed by atoms with Gasteiger partial charge in [0.1, 0.15) is 0 Å². The highest BCUT2D eigenvalue weighted by Gasteiger charge is 2.17. The molecule has 2 N–H and O–H groups in total. The Morgan fingerprint density at radius 2 is 1.92 bits per heavy atom. The molecule has 24 heavy (non-hydrogen) atoms. The summed E-state index contributed by atoms with van der Waals surface area (Å²) in [6, 6.07) is 5.83. The average Bonchev–Trinajstić information content (AvgIpc) is 2.93. The third kappa shape index (κ3) is 5.07. The second kappa shape index (κ2) is 8.30. The Morgan fingerprint density at radius 3 is 2.50 bits per heavy atom. The molecule has 1 unspecified atom stereocenters. The minimum absolute atomic E-state index is 0.0472. The number of rotatable bonds is 6. The topological polar surface area (TPSA) is 71.1 Å². The van der Waals surface area contributed by atoms with Gasteiger partial charge in [-0.25, -0.2) is 4.98 Å². The highest BCUT2D eigenvalue weighted by Crippen LogP contribution is 2.26. The molecule has 5 nitrogen and oxygen atoms in total. The average molecular weight is 364 g/mol. The molecule has 1 aromatic heterocycles. The van der Waals surface area contributed by atoms with Crippen LogP contribution in [0.25, 0.3) is 0 Å². The van der Waals surface area contributed by atoms with Crippen LogP contribution in [0.4, 0.5) is 5.69 Å². The van der Waals surface area contributed by atoms with Gasteiger partial charge in [0.15, 0.2) is 4.34 Å². The number of thiazole rings is 1. The largest absolute Gasteiger partial charge is 0.346 e. The number of carbonyl (C=O) groups is 2. The summed E-state index contributed by atoms with van der Waals surface area (Å²) in [5.41, 5.74) is 3.75. The van der Waals surface area contributed by atoms with Crippen molar-refractivity contribution in [2.75, 3.05) is 11.9 Å². The van der Waals surface area contributed by atoms with Crippen molar-refractivity contribution in [3.63, 3.8) is 0 Å². The molecular weight excluding hydrogens is 342 g/mol. The van der Waals surface area contributed by atoms with Crippen LogP contribution >= 0.6 is 23.1 Å². The number of aromatic nitrogens is 1. The zero-order chi connectivity index (χ0) is 17.7. The van der Waals surface area contributed by atoms with Gasteiger partial charge in [-0.15, -0.1) is 11.3 Å². The van der Waals surface area contributed by atoms with E-state index in [1.807, 2.05) is 44.4 Å². The quantitative estimate of drug-likeness (QED) is 0.773. The van der Waals surface area contributed by atoms with E-state index in [9.17, 15) is 9.59 Å².